The van der Waals surface area contributed by atoms with Crippen LogP contribution in [-0.4, -0.2) is 75.4 Å². The van der Waals surface area contributed by atoms with Gasteiger partial charge in [0.1, 0.15) is 18.6 Å². The van der Waals surface area contributed by atoms with Crippen LogP contribution in [0.25, 0.3) is 0 Å². The molecule has 1 aromatic heterocycles. The normalized spacial score (nSPS) is 14.7. The van der Waals surface area contributed by atoms with Crippen molar-refractivity contribution in [1.82, 2.24) is 25.9 Å². The van der Waals surface area contributed by atoms with E-state index in [-0.39, 0.29) is 12.3 Å². The fraction of sp³-hybridized carbons (Fsp3) is 0.632. The van der Waals surface area contributed by atoms with Crippen LogP contribution in [-0.2, 0) is 25.6 Å². The third kappa shape index (κ3) is 9.39. The van der Waals surface area contributed by atoms with E-state index in [1.54, 1.807) is 13.1 Å². The van der Waals surface area contributed by atoms with Crippen molar-refractivity contribution < 1.29 is 24.3 Å². The van der Waals surface area contributed by atoms with Gasteiger partial charge in [-0.25, -0.2) is 4.98 Å². The molecule has 11 nitrogen and oxygen atoms in total. The maximum atomic E-state index is 12.9. The standard InChI is InChI=1S/C19H32N6O5S/c1-4-11(2)16(19(30)22-9-15(26)27)25-18(29)14(5-6-31-3)24-17(28)13(20)7-12-8-21-10-23-12/h8,10-11,13-14,16H,4-7,9,20H2,1-3H3,(H,21,23)(H,22,30)(H,24,28)(H,25,29)(H,26,27). The summed E-state index contributed by atoms with van der Waals surface area (Å²) in [6.07, 6.45) is 6.09. The molecule has 1 rings (SSSR count). The van der Waals surface area contributed by atoms with Gasteiger partial charge in [-0.15, -0.1) is 0 Å². The monoisotopic (exact) mass is 456 g/mol. The molecule has 0 saturated carbocycles. The van der Waals surface area contributed by atoms with E-state index in [2.05, 4.69) is 25.9 Å². The summed E-state index contributed by atoms with van der Waals surface area (Å²) < 4.78 is 0. The minimum absolute atomic E-state index is 0.232. The van der Waals surface area contributed by atoms with Gasteiger partial charge in [0.05, 0.1) is 12.4 Å². The highest BCUT2D eigenvalue weighted by molar-refractivity contribution is 7.98. The van der Waals surface area contributed by atoms with Crippen molar-refractivity contribution in [2.24, 2.45) is 11.7 Å². The molecule has 4 atom stereocenters. The Kier molecular flexibility index (Phi) is 11.6. The second kappa shape index (κ2) is 13.7. The lowest BCUT2D eigenvalue weighted by molar-refractivity contribution is -0.139. The average molecular weight is 457 g/mol. The molecule has 0 aliphatic rings. The summed E-state index contributed by atoms with van der Waals surface area (Å²) in [5.74, 6) is -2.42. The van der Waals surface area contributed by atoms with Gasteiger partial charge in [0.15, 0.2) is 0 Å². The third-order valence-corrected chi connectivity index (χ3v) is 5.43. The summed E-state index contributed by atoms with van der Waals surface area (Å²) in [4.78, 5) is 55.4. The number of carbonyl (C=O) groups is 4. The molecule has 0 spiro atoms. The molecule has 31 heavy (non-hydrogen) atoms. The van der Waals surface area contributed by atoms with Gasteiger partial charge < -0.3 is 31.8 Å². The van der Waals surface area contributed by atoms with Crippen LogP contribution >= 0.6 is 11.8 Å². The zero-order valence-corrected chi connectivity index (χ0v) is 18.8. The first-order valence-electron chi connectivity index (χ1n) is 10.0. The van der Waals surface area contributed by atoms with Crippen molar-refractivity contribution in [3.8, 4) is 0 Å². The van der Waals surface area contributed by atoms with Crippen LogP contribution in [0.2, 0.25) is 0 Å². The van der Waals surface area contributed by atoms with Gasteiger partial charge in [0.2, 0.25) is 17.7 Å². The molecule has 7 N–H and O–H groups in total. The summed E-state index contributed by atoms with van der Waals surface area (Å²) in [7, 11) is 0. The predicted molar refractivity (Wildman–Crippen MR) is 117 cm³/mol. The van der Waals surface area contributed by atoms with Crippen molar-refractivity contribution in [2.75, 3.05) is 18.6 Å². The van der Waals surface area contributed by atoms with Crippen molar-refractivity contribution in [1.29, 1.82) is 0 Å². The van der Waals surface area contributed by atoms with Gasteiger partial charge in [0, 0.05) is 18.3 Å². The zero-order chi connectivity index (χ0) is 23.4. The maximum absolute atomic E-state index is 12.9. The Hall–Kier alpha value is -2.60. The number of hydrogen-bond acceptors (Lipinski definition) is 7. The van der Waals surface area contributed by atoms with Gasteiger partial charge in [-0.1, -0.05) is 20.3 Å². The highest BCUT2D eigenvalue weighted by Crippen LogP contribution is 2.10. The van der Waals surface area contributed by atoms with E-state index in [9.17, 15) is 19.2 Å². The Balaban J connectivity index is 2.83. The number of nitrogens with one attached hydrogen (secondary N) is 4. The molecule has 174 valence electrons. The number of aromatic nitrogens is 2. The molecular weight excluding hydrogens is 424 g/mol. The second-order valence-corrected chi connectivity index (χ2v) is 8.20. The van der Waals surface area contributed by atoms with Crippen LogP contribution in [0.4, 0.5) is 0 Å². The number of carboxylic acid groups (broad SMARTS) is 1. The molecule has 0 saturated heterocycles. The maximum Gasteiger partial charge on any atom is 0.322 e. The lowest BCUT2D eigenvalue weighted by Gasteiger charge is -2.26. The van der Waals surface area contributed by atoms with E-state index >= 15 is 0 Å². The minimum Gasteiger partial charge on any atom is -0.480 e. The molecule has 0 aliphatic carbocycles. The molecule has 0 radical (unpaired) electrons. The van der Waals surface area contributed by atoms with Crippen molar-refractivity contribution >= 4 is 35.5 Å². The smallest absolute Gasteiger partial charge is 0.322 e. The highest BCUT2D eigenvalue weighted by atomic mass is 32.2. The van der Waals surface area contributed by atoms with Gasteiger partial charge >= 0.3 is 5.97 Å². The second-order valence-electron chi connectivity index (χ2n) is 7.21. The largest absolute Gasteiger partial charge is 0.480 e. The first-order chi connectivity index (χ1) is 14.7. The van der Waals surface area contributed by atoms with Crippen LogP contribution in [0, 0.1) is 5.92 Å². The van der Waals surface area contributed by atoms with Gasteiger partial charge in [0.25, 0.3) is 0 Å². The van der Waals surface area contributed by atoms with Crippen LogP contribution in [0.15, 0.2) is 12.5 Å². The van der Waals surface area contributed by atoms with Crippen molar-refractivity contribution in [3.63, 3.8) is 0 Å². The first kappa shape index (κ1) is 26.4. The summed E-state index contributed by atoms with van der Waals surface area (Å²) in [6.45, 7) is 3.09. The van der Waals surface area contributed by atoms with Gasteiger partial charge in [-0.2, -0.15) is 11.8 Å². The zero-order valence-electron chi connectivity index (χ0n) is 18.0. The van der Waals surface area contributed by atoms with E-state index in [0.29, 0.717) is 24.3 Å². The van der Waals surface area contributed by atoms with Crippen molar-refractivity contribution in [3.05, 3.63) is 18.2 Å². The molecule has 0 aromatic carbocycles. The van der Waals surface area contributed by atoms with E-state index < -0.39 is 48.4 Å². The number of nitrogens with two attached hydrogens (primary N) is 1. The number of carboxylic acids is 1. The number of aliphatic carboxylic acids is 1. The molecule has 0 fully saturated rings. The van der Waals surface area contributed by atoms with Gasteiger partial charge in [-0.3, -0.25) is 19.2 Å². The molecular formula is C19H32N6O5S. The summed E-state index contributed by atoms with van der Waals surface area (Å²) in [5, 5.41) is 16.4. The molecule has 0 bridgehead atoms. The van der Waals surface area contributed by atoms with Crippen LogP contribution in [0.1, 0.15) is 32.4 Å². The third-order valence-electron chi connectivity index (χ3n) is 4.78. The number of carbonyl (C=O) groups excluding carboxylic acids is 3. The number of nitrogens with zero attached hydrogens (tertiary/aromatic N) is 1. The van der Waals surface area contributed by atoms with E-state index in [1.807, 2.05) is 13.2 Å². The highest BCUT2D eigenvalue weighted by Gasteiger charge is 2.30. The lowest BCUT2D eigenvalue weighted by Crippen LogP contribution is -2.57. The number of H-pyrrole nitrogens is 1. The number of thioether (sulfide) groups is 1. The molecule has 12 heteroatoms. The fourth-order valence-electron chi connectivity index (χ4n) is 2.74. The van der Waals surface area contributed by atoms with E-state index in [4.69, 9.17) is 10.8 Å². The summed E-state index contributed by atoms with van der Waals surface area (Å²) >= 11 is 1.51. The first-order valence-corrected chi connectivity index (χ1v) is 11.4. The Morgan fingerprint density at radius 3 is 2.48 bits per heavy atom. The molecule has 4 unspecified atom stereocenters. The topological polar surface area (TPSA) is 179 Å². The molecule has 1 aromatic rings. The minimum atomic E-state index is -1.18. The van der Waals surface area contributed by atoms with Gasteiger partial charge in [-0.05, 0) is 24.3 Å². The van der Waals surface area contributed by atoms with E-state index in [1.165, 1.54) is 18.1 Å². The Morgan fingerprint density at radius 1 is 1.23 bits per heavy atom. The Bertz CT molecular complexity index is 729. The average Bonchev–Trinajstić information content (AvgIpc) is 3.25. The SMILES string of the molecule is CCC(C)C(NC(=O)C(CCSC)NC(=O)C(N)Cc1cnc[nH]1)C(=O)NCC(=O)O. The number of amides is 3. The predicted octanol–water partition coefficient (Wildman–Crippen LogP) is -0.751. The number of hydrogen-bond donors (Lipinski definition) is 6. The Morgan fingerprint density at radius 2 is 1.94 bits per heavy atom. The summed E-state index contributed by atoms with van der Waals surface area (Å²) in [5.41, 5.74) is 6.65. The quantitative estimate of drug-likeness (QED) is 0.211. The molecule has 1 heterocycles. The van der Waals surface area contributed by atoms with Crippen LogP contribution < -0.4 is 21.7 Å². The molecule has 0 aliphatic heterocycles. The fourth-order valence-corrected chi connectivity index (χ4v) is 3.21. The number of imidazole rings is 1. The molecule has 3 amide bonds. The lowest BCUT2D eigenvalue weighted by atomic mass is 9.97. The number of aromatic amines is 1. The number of rotatable bonds is 14. The summed E-state index contributed by atoms with van der Waals surface area (Å²) in [6, 6.07) is -2.69. The van der Waals surface area contributed by atoms with E-state index in [0.717, 1.165) is 0 Å². The van der Waals surface area contributed by atoms with Crippen LogP contribution in [0.3, 0.4) is 0 Å². The van der Waals surface area contributed by atoms with Crippen molar-refractivity contribution in [2.45, 2.75) is 51.2 Å². The van der Waals surface area contributed by atoms with Crippen LogP contribution in [0.5, 0.6) is 0 Å². The Labute approximate surface area is 185 Å².